The van der Waals surface area contributed by atoms with E-state index in [1.807, 2.05) is 0 Å². The molecule has 0 aliphatic rings. The van der Waals surface area contributed by atoms with Crippen LogP contribution < -0.4 is 5.73 Å². The molecule has 0 aliphatic heterocycles. The average Bonchev–Trinajstić information content (AvgIpc) is 2.33. The third-order valence-corrected chi connectivity index (χ3v) is 4.67. The van der Waals surface area contributed by atoms with Crippen LogP contribution in [0.4, 0.5) is 10.1 Å². The van der Waals surface area contributed by atoms with Crippen LogP contribution in [0.15, 0.2) is 57.2 Å². The van der Waals surface area contributed by atoms with E-state index < -0.39 is 9.84 Å². The van der Waals surface area contributed by atoms with E-state index in [9.17, 15) is 12.8 Å². The first-order valence-corrected chi connectivity index (χ1v) is 8.10. The number of rotatable bonds is 3. The lowest BCUT2D eigenvalue weighted by atomic mass is 10.3. The van der Waals surface area contributed by atoms with E-state index in [1.54, 1.807) is 12.1 Å². The molecule has 0 aliphatic carbocycles. The zero-order valence-electron chi connectivity index (χ0n) is 10.1. The van der Waals surface area contributed by atoms with Crippen LogP contribution >= 0.6 is 11.8 Å². The summed E-state index contributed by atoms with van der Waals surface area (Å²) in [5, 5.41) is 0. The van der Waals surface area contributed by atoms with E-state index in [1.165, 1.54) is 42.1 Å². The Bertz CT molecular complexity index is 697. The SMILES string of the molecule is CS(=O)(=O)c1ccc(Sc2cc(F)ccc2N)cc1. The number of nitrogen functional groups attached to an aromatic ring is 1. The zero-order valence-corrected chi connectivity index (χ0v) is 11.8. The van der Waals surface area contributed by atoms with Gasteiger partial charge in [0.1, 0.15) is 5.82 Å². The Morgan fingerprint density at radius 3 is 2.32 bits per heavy atom. The van der Waals surface area contributed by atoms with Crippen LogP contribution in [0.1, 0.15) is 0 Å². The van der Waals surface area contributed by atoms with Gasteiger partial charge in [-0.05, 0) is 42.5 Å². The Labute approximate surface area is 115 Å². The zero-order chi connectivity index (χ0) is 14.0. The van der Waals surface area contributed by atoms with Crippen molar-refractivity contribution >= 4 is 27.3 Å². The van der Waals surface area contributed by atoms with Gasteiger partial charge in [0.15, 0.2) is 9.84 Å². The third kappa shape index (κ3) is 3.48. The van der Waals surface area contributed by atoms with E-state index in [0.717, 1.165) is 11.2 Å². The fourth-order valence-corrected chi connectivity index (χ4v) is 2.99. The van der Waals surface area contributed by atoms with E-state index in [4.69, 9.17) is 5.73 Å². The molecule has 0 bridgehead atoms. The van der Waals surface area contributed by atoms with E-state index >= 15 is 0 Å². The molecule has 0 spiro atoms. The summed E-state index contributed by atoms with van der Waals surface area (Å²) < 4.78 is 35.8. The predicted octanol–water partition coefficient (Wildman–Crippen LogP) is 2.96. The predicted molar refractivity (Wildman–Crippen MR) is 74.5 cm³/mol. The van der Waals surface area contributed by atoms with Gasteiger partial charge in [-0.15, -0.1) is 0 Å². The Hall–Kier alpha value is -1.53. The quantitative estimate of drug-likeness (QED) is 0.885. The number of halogens is 1. The van der Waals surface area contributed by atoms with Gasteiger partial charge < -0.3 is 5.73 Å². The Kier molecular flexibility index (Phi) is 3.82. The van der Waals surface area contributed by atoms with Crippen molar-refractivity contribution in [1.82, 2.24) is 0 Å². The van der Waals surface area contributed by atoms with Gasteiger partial charge in [-0.25, -0.2) is 12.8 Å². The van der Waals surface area contributed by atoms with Gasteiger partial charge in [-0.2, -0.15) is 0 Å². The lowest BCUT2D eigenvalue weighted by molar-refractivity contribution is 0.602. The van der Waals surface area contributed by atoms with Crippen LogP contribution in [0.2, 0.25) is 0 Å². The van der Waals surface area contributed by atoms with Crippen molar-refractivity contribution in [1.29, 1.82) is 0 Å². The maximum absolute atomic E-state index is 13.1. The van der Waals surface area contributed by atoms with Gasteiger partial charge in [-0.3, -0.25) is 0 Å². The minimum absolute atomic E-state index is 0.254. The molecule has 100 valence electrons. The molecule has 0 aromatic heterocycles. The summed E-state index contributed by atoms with van der Waals surface area (Å²) in [6.45, 7) is 0. The number of nitrogens with two attached hydrogens (primary N) is 1. The Morgan fingerprint density at radius 1 is 1.11 bits per heavy atom. The third-order valence-electron chi connectivity index (χ3n) is 2.46. The van der Waals surface area contributed by atoms with Gasteiger partial charge in [0.05, 0.1) is 4.90 Å². The van der Waals surface area contributed by atoms with Crippen molar-refractivity contribution in [2.45, 2.75) is 14.7 Å². The Balaban J connectivity index is 2.27. The summed E-state index contributed by atoms with van der Waals surface area (Å²) in [7, 11) is -3.20. The smallest absolute Gasteiger partial charge is 0.175 e. The van der Waals surface area contributed by atoms with E-state index in [2.05, 4.69) is 0 Å². The van der Waals surface area contributed by atoms with Gasteiger partial charge in [0, 0.05) is 21.7 Å². The average molecular weight is 297 g/mol. The minimum Gasteiger partial charge on any atom is -0.398 e. The summed E-state index contributed by atoms with van der Waals surface area (Å²) in [6.07, 6.45) is 1.15. The lowest BCUT2D eigenvalue weighted by Gasteiger charge is -2.06. The molecule has 0 unspecified atom stereocenters. The topological polar surface area (TPSA) is 60.2 Å². The molecule has 6 heteroatoms. The molecule has 0 atom stereocenters. The standard InChI is InChI=1S/C13H12FNO2S2/c1-19(16,17)11-5-3-10(4-6-11)18-13-8-9(14)2-7-12(13)15/h2-8H,15H2,1H3. The van der Waals surface area contributed by atoms with E-state index in [-0.39, 0.29) is 10.7 Å². The molecule has 2 aromatic rings. The minimum atomic E-state index is -3.20. The van der Waals surface area contributed by atoms with Gasteiger partial charge >= 0.3 is 0 Å². The molecule has 3 nitrogen and oxygen atoms in total. The number of anilines is 1. The first-order chi connectivity index (χ1) is 8.86. The second-order valence-electron chi connectivity index (χ2n) is 4.03. The second kappa shape index (κ2) is 5.22. The molecule has 2 aromatic carbocycles. The van der Waals surface area contributed by atoms with Crippen molar-refractivity contribution in [3.8, 4) is 0 Å². The molecule has 0 heterocycles. The summed E-state index contributed by atoms with van der Waals surface area (Å²) in [5.74, 6) is -0.357. The normalized spacial score (nSPS) is 11.5. The Morgan fingerprint density at radius 2 is 1.74 bits per heavy atom. The van der Waals surface area contributed by atoms with Crippen molar-refractivity contribution in [2.75, 3.05) is 12.0 Å². The molecule has 0 radical (unpaired) electrons. The summed E-state index contributed by atoms with van der Waals surface area (Å²) in [4.78, 5) is 1.65. The fourth-order valence-electron chi connectivity index (χ4n) is 1.48. The van der Waals surface area contributed by atoms with Crippen LogP contribution in [0.3, 0.4) is 0 Å². The number of sulfone groups is 1. The summed E-state index contributed by atoms with van der Waals surface area (Å²) >= 11 is 1.29. The molecule has 0 saturated carbocycles. The monoisotopic (exact) mass is 297 g/mol. The number of hydrogen-bond donors (Lipinski definition) is 1. The summed E-state index contributed by atoms with van der Waals surface area (Å²) in [5.41, 5.74) is 6.24. The van der Waals surface area contributed by atoms with Crippen LogP contribution in [-0.4, -0.2) is 14.7 Å². The first-order valence-electron chi connectivity index (χ1n) is 5.39. The molecular weight excluding hydrogens is 285 g/mol. The maximum Gasteiger partial charge on any atom is 0.175 e. The molecule has 0 saturated heterocycles. The molecule has 0 amide bonds. The fraction of sp³-hybridized carbons (Fsp3) is 0.0769. The van der Waals surface area contributed by atoms with Crippen LogP contribution in [0.25, 0.3) is 0 Å². The maximum atomic E-state index is 13.1. The largest absolute Gasteiger partial charge is 0.398 e. The van der Waals surface area contributed by atoms with Crippen LogP contribution in [0, 0.1) is 5.82 Å². The molecular formula is C13H12FNO2S2. The second-order valence-corrected chi connectivity index (χ2v) is 7.16. The lowest BCUT2D eigenvalue weighted by Crippen LogP contribution is -1.96. The van der Waals surface area contributed by atoms with Crippen molar-refractivity contribution < 1.29 is 12.8 Å². The number of benzene rings is 2. The van der Waals surface area contributed by atoms with Gasteiger partial charge in [-0.1, -0.05) is 11.8 Å². The first kappa shape index (κ1) is 13.9. The summed E-state index contributed by atoms with van der Waals surface area (Å²) in [6, 6.07) is 10.5. The molecule has 0 fully saturated rings. The molecule has 19 heavy (non-hydrogen) atoms. The highest BCUT2D eigenvalue weighted by atomic mass is 32.2. The van der Waals surface area contributed by atoms with Gasteiger partial charge in [0.25, 0.3) is 0 Å². The highest BCUT2D eigenvalue weighted by Crippen LogP contribution is 2.32. The highest BCUT2D eigenvalue weighted by molar-refractivity contribution is 7.99. The van der Waals surface area contributed by atoms with Crippen molar-refractivity contribution in [3.63, 3.8) is 0 Å². The molecule has 2 N–H and O–H groups in total. The molecule has 2 rings (SSSR count). The highest BCUT2D eigenvalue weighted by Gasteiger charge is 2.08. The van der Waals surface area contributed by atoms with Crippen molar-refractivity contribution in [2.24, 2.45) is 0 Å². The van der Waals surface area contributed by atoms with Crippen LogP contribution in [0.5, 0.6) is 0 Å². The van der Waals surface area contributed by atoms with Crippen molar-refractivity contribution in [3.05, 3.63) is 48.3 Å². The number of hydrogen-bond acceptors (Lipinski definition) is 4. The van der Waals surface area contributed by atoms with E-state index in [0.29, 0.717) is 10.6 Å². The van der Waals surface area contributed by atoms with Crippen LogP contribution in [-0.2, 0) is 9.84 Å². The van der Waals surface area contributed by atoms with Gasteiger partial charge in [0.2, 0.25) is 0 Å².